The Morgan fingerprint density at radius 1 is 1.00 bits per heavy atom. The zero-order valence-corrected chi connectivity index (χ0v) is 14.3. The summed E-state index contributed by atoms with van der Waals surface area (Å²) in [6, 6.07) is 20.9. The number of benzene rings is 2. The molecule has 0 aliphatic carbocycles. The van der Waals surface area contributed by atoms with Crippen molar-refractivity contribution in [1.29, 1.82) is 0 Å². The Kier molecular flexibility index (Phi) is 4.80. The van der Waals surface area contributed by atoms with Gasteiger partial charge >= 0.3 is 0 Å². The number of nitrogens with two attached hydrogens (primary N) is 1. The number of pyridine rings is 1. The van der Waals surface area contributed by atoms with E-state index in [1.54, 1.807) is 6.20 Å². The van der Waals surface area contributed by atoms with Crippen molar-refractivity contribution in [1.82, 2.24) is 4.98 Å². The third-order valence-electron chi connectivity index (χ3n) is 3.31. The van der Waals surface area contributed by atoms with E-state index >= 15 is 0 Å². The lowest BCUT2D eigenvalue weighted by molar-refractivity contribution is 1.31. The van der Waals surface area contributed by atoms with Crippen LogP contribution in [0.2, 0.25) is 0 Å². The molecule has 0 saturated carbocycles. The largest absolute Gasteiger partial charge is 0.383 e. The molecule has 2 N–H and O–H groups in total. The molecule has 0 bridgehead atoms. The molecule has 0 radical (unpaired) electrons. The molecule has 0 atom stereocenters. The zero-order chi connectivity index (χ0) is 15.4. The predicted molar refractivity (Wildman–Crippen MR) is 97.8 cm³/mol. The standard InChI is InChI=1S/C18H15BrN2S/c19-17-16(9-10-21-18(17)20)14-7-4-8-15(11-14)22-12-13-5-2-1-3-6-13/h1-11H,12H2,(H2,20,21). The van der Waals surface area contributed by atoms with E-state index in [1.807, 2.05) is 23.9 Å². The summed E-state index contributed by atoms with van der Waals surface area (Å²) in [4.78, 5) is 5.33. The Bertz CT molecular complexity index is 775. The van der Waals surface area contributed by atoms with Crippen molar-refractivity contribution in [2.75, 3.05) is 5.73 Å². The Morgan fingerprint density at radius 3 is 2.64 bits per heavy atom. The Morgan fingerprint density at radius 2 is 1.82 bits per heavy atom. The first-order valence-electron chi connectivity index (χ1n) is 6.91. The summed E-state index contributed by atoms with van der Waals surface area (Å²) in [5.74, 6) is 1.48. The van der Waals surface area contributed by atoms with Crippen molar-refractivity contribution < 1.29 is 0 Å². The first kappa shape index (κ1) is 15.1. The highest BCUT2D eigenvalue weighted by Crippen LogP contribution is 2.33. The molecule has 1 heterocycles. The molecule has 0 amide bonds. The molecule has 2 aromatic carbocycles. The van der Waals surface area contributed by atoms with Crippen LogP contribution in [0.3, 0.4) is 0 Å². The van der Waals surface area contributed by atoms with Crippen LogP contribution in [0.15, 0.2) is 76.2 Å². The highest BCUT2D eigenvalue weighted by molar-refractivity contribution is 9.10. The Labute approximate surface area is 142 Å². The average Bonchev–Trinajstić information content (AvgIpc) is 2.57. The van der Waals surface area contributed by atoms with Crippen molar-refractivity contribution in [2.24, 2.45) is 0 Å². The lowest BCUT2D eigenvalue weighted by atomic mass is 10.1. The van der Waals surface area contributed by atoms with Crippen LogP contribution in [0.5, 0.6) is 0 Å². The molecular weight excluding hydrogens is 356 g/mol. The third-order valence-corrected chi connectivity index (χ3v) is 5.21. The van der Waals surface area contributed by atoms with E-state index in [9.17, 15) is 0 Å². The van der Waals surface area contributed by atoms with Crippen molar-refractivity contribution in [3.63, 3.8) is 0 Å². The quantitative estimate of drug-likeness (QED) is 0.626. The summed E-state index contributed by atoms with van der Waals surface area (Å²) in [6.45, 7) is 0. The second-order valence-electron chi connectivity index (χ2n) is 4.86. The van der Waals surface area contributed by atoms with E-state index < -0.39 is 0 Å². The molecule has 0 unspecified atom stereocenters. The van der Waals surface area contributed by atoms with Gasteiger partial charge < -0.3 is 5.73 Å². The van der Waals surface area contributed by atoms with E-state index in [0.717, 1.165) is 21.4 Å². The molecule has 22 heavy (non-hydrogen) atoms. The van der Waals surface area contributed by atoms with Gasteiger partial charge in [0.1, 0.15) is 5.82 Å². The smallest absolute Gasteiger partial charge is 0.138 e. The normalized spacial score (nSPS) is 10.6. The summed E-state index contributed by atoms with van der Waals surface area (Å²) in [6.07, 6.45) is 1.74. The molecule has 0 spiro atoms. The number of hydrogen-bond acceptors (Lipinski definition) is 3. The molecular formula is C18H15BrN2S. The first-order chi connectivity index (χ1) is 10.7. The fourth-order valence-corrected chi connectivity index (χ4v) is 3.55. The minimum Gasteiger partial charge on any atom is -0.383 e. The number of nitrogens with zero attached hydrogens (tertiary/aromatic N) is 1. The first-order valence-corrected chi connectivity index (χ1v) is 8.69. The molecule has 0 aliphatic rings. The van der Waals surface area contributed by atoms with Gasteiger partial charge in [0, 0.05) is 22.4 Å². The minimum absolute atomic E-state index is 0.514. The van der Waals surface area contributed by atoms with E-state index in [1.165, 1.54) is 10.5 Å². The summed E-state index contributed by atoms with van der Waals surface area (Å²) in [5, 5.41) is 0. The van der Waals surface area contributed by atoms with Crippen LogP contribution in [0.1, 0.15) is 5.56 Å². The highest BCUT2D eigenvalue weighted by Gasteiger charge is 2.07. The topological polar surface area (TPSA) is 38.9 Å². The van der Waals surface area contributed by atoms with Crippen LogP contribution in [-0.2, 0) is 5.75 Å². The van der Waals surface area contributed by atoms with Crippen LogP contribution < -0.4 is 5.73 Å². The van der Waals surface area contributed by atoms with Crippen LogP contribution >= 0.6 is 27.7 Å². The van der Waals surface area contributed by atoms with Crippen molar-refractivity contribution in [3.05, 3.63) is 76.9 Å². The molecule has 3 rings (SSSR count). The maximum absolute atomic E-state index is 5.87. The number of rotatable bonds is 4. The predicted octanol–water partition coefficient (Wildman–Crippen LogP) is 5.39. The minimum atomic E-state index is 0.514. The summed E-state index contributed by atoms with van der Waals surface area (Å²) in [7, 11) is 0. The number of hydrogen-bond donors (Lipinski definition) is 1. The van der Waals surface area contributed by atoms with Gasteiger partial charge in [0.15, 0.2) is 0 Å². The van der Waals surface area contributed by atoms with Gasteiger partial charge in [0.2, 0.25) is 0 Å². The van der Waals surface area contributed by atoms with E-state index in [0.29, 0.717) is 5.82 Å². The lowest BCUT2D eigenvalue weighted by Crippen LogP contribution is -1.92. The van der Waals surface area contributed by atoms with Gasteiger partial charge in [-0.3, -0.25) is 0 Å². The molecule has 110 valence electrons. The second-order valence-corrected chi connectivity index (χ2v) is 6.70. The summed E-state index contributed by atoms with van der Waals surface area (Å²) < 4.78 is 0.847. The maximum Gasteiger partial charge on any atom is 0.138 e. The number of halogens is 1. The van der Waals surface area contributed by atoms with Crippen LogP contribution in [0.25, 0.3) is 11.1 Å². The Hall–Kier alpha value is -1.78. The number of nitrogen functional groups attached to an aromatic ring is 1. The molecule has 0 saturated heterocycles. The Balaban J connectivity index is 1.82. The SMILES string of the molecule is Nc1nccc(-c2cccc(SCc3ccccc3)c2)c1Br. The maximum atomic E-state index is 5.87. The van der Waals surface area contributed by atoms with E-state index in [2.05, 4.69) is 69.4 Å². The van der Waals surface area contributed by atoms with Crippen molar-refractivity contribution in [3.8, 4) is 11.1 Å². The van der Waals surface area contributed by atoms with E-state index in [4.69, 9.17) is 5.73 Å². The average molecular weight is 371 g/mol. The highest BCUT2D eigenvalue weighted by atomic mass is 79.9. The number of aromatic nitrogens is 1. The van der Waals surface area contributed by atoms with Crippen molar-refractivity contribution >= 4 is 33.5 Å². The van der Waals surface area contributed by atoms with Gasteiger partial charge in [0.05, 0.1) is 4.47 Å². The van der Waals surface area contributed by atoms with Gasteiger partial charge in [-0.15, -0.1) is 11.8 Å². The van der Waals surface area contributed by atoms with Crippen LogP contribution in [0, 0.1) is 0 Å². The van der Waals surface area contributed by atoms with Crippen LogP contribution in [-0.4, -0.2) is 4.98 Å². The molecule has 3 aromatic rings. The second kappa shape index (κ2) is 6.99. The van der Waals surface area contributed by atoms with Crippen molar-refractivity contribution in [2.45, 2.75) is 10.6 Å². The van der Waals surface area contributed by atoms with Gasteiger partial charge in [-0.2, -0.15) is 0 Å². The van der Waals surface area contributed by atoms with Gasteiger partial charge in [-0.05, 0) is 45.3 Å². The van der Waals surface area contributed by atoms with E-state index in [-0.39, 0.29) is 0 Å². The lowest BCUT2D eigenvalue weighted by Gasteiger charge is -2.08. The van der Waals surface area contributed by atoms with Gasteiger partial charge in [-0.25, -0.2) is 4.98 Å². The molecule has 1 aromatic heterocycles. The summed E-state index contributed by atoms with van der Waals surface area (Å²) in [5.41, 5.74) is 9.40. The molecule has 0 fully saturated rings. The van der Waals surface area contributed by atoms with Gasteiger partial charge in [-0.1, -0.05) is 42.5 Å². The molecule has 0 aliphatic heterocycles. The third kappa shape index (κ3) is 3.51. The fraction of sp³-hybridized carbons (Fsp3) is 0.0556. The monoisotopic (exact) mass is 370 g/mol. The fourth-order valence-electron chi connectivity index (χ4n) is 2.18. The van der Waals surface area contributed by atoms with Gasteiger partial charge in [0.25, 0.3) is 0 Å². The molecule has 4 heteroatoms. The number of anilines is 1. The number of thioether (sulfide) groups is 1. The summed E-state index contributed by atoms with van der Waals surface area (Å²) >= 11 is 5.35. The zero-order valence-electron chi connectivity index (χ0n) is 11.9. The van der Waals surface area contributed by atoms with Crippen LogP contribution in [0.4, 0.5) is 5.82 Å². The molecule has 2 nitrogen and oxygen atoms in total.